The normalized spacial score (nSPS) is 13.6. The van der Waals surface area contributed by atoms with Crippen LogP contribution in [-0.4, -0.2) is 38.6 Å². The monoisotopic (exact) mass is 259 g/mol. The largest absolute Gasteiger partial charge is 0.473 e. The Bertz CT molecular complexity index is 302. The predicted molar refractivity (Wildman–Crippen MR) is 68.4 cm³/mol. The summed E-state index contributed by atoms with van der Waals surface area (Å²) >= 11 is 1.09. The summed E-state index contributed by atoms with van der Waals surface area (Å²) in [4.78, 5) is 0. The van der Waals surface area contributed by atoms with Crippen molar-refractivity contribution in [1.82, 2.24) is 14.1 Å². The number of aromatic nitrogens is 2. The van der Waals surface area contributed by atoms with Gasteiger partial charge in [0, 0.05) is 12.1 Å². The van der Waals surface area contributed by atoms with Crippen molar-refractivity contribution in [3.05, 3.63) is 6.20 Å². The molecule has 0 aliphatic rings. The van der Waals surface area contributed by atoms with Gasteiger partial charge in [0.25, 0.3) is 0 Å². The highest BCUT2D eigenvalue weighted by atomic mass is 32.1. The lowest BCUT2D eigenvalue weighted by molar-refractivity contribution is 0.0949. The standard InChI is InChI=1S/C11H21N3O2S/c1-4-11(3,5-2)12-6-9(15)8-16-10-7-13-17-14-10/h7,9,12,15H,4-6,8H2,1-3H3. The molecule has 0 fully saturated rings. The Balaban J connectivity index is 2.23. The van der Waals surface area contributed by atoms with Crippen LogP contribution in [0.1, 0.15) is 33.6 Å². The highest BCUT2D eigenvalue weighted by Crippen LogP contribution is 2.13. The Labute approximate surface area is 107 Å². The van der Waals surface area contributed by atoms with Gasteiger partial charge in [0.05, 0.1) is 11.7 Å². The van der Waals surface area contributed by atoms with E-state index in [1.807, 2.05) is 0 Å². The molecule has 0 aromatic carbocycles. The number of hydrogen-bond donors (Lipinski definition) is 2. The predicted octanol–water partition coefficient (Wildman–Crippen LogP) is 1.45. The summed E-state index contributed by atoms with van der Waals surface area (Å²) in [5.74, 6) is 0.475. The van der Waals surface area contributed by atoms with Crippen molar-refractivity contribution >= 4 is 11.7 Å². The van der Waals surface area contributed by atoms with Crippen LogP contribution in [0, 0.1) is 0 Å². The first-order valence-corrected chi connectivity index (χ1v) is 6.66. The lowest BCUT2D eigenvalue weighted by Gasteiger charge is -2.29. The molecule has 0 aliphatic heterocycles. The first-order valence-electron chi connectivity index (χ1n) is 5.93. The molecule has 1 atom stereocenters. The molecule has 1 unspecified atom stereocenters. The maximum absolute atomic E-state index is 9.77. The van der Waals surface area contributed by atoms with Crippen molar-refractivity contribution < 1.29 is 9.84 Å². The van der Waals surface area contributed by atoms with Gasteiger partial charge in [0.2, 0.25) is 5.88 Å². The smallest absolute Gasteiger partial charge is 0.245 e. The van der Waals surface area contributed by atoms with E-state index >= 15 is 0 Å². The molecule has 5 nitrogen and oxygen atoms in total. The third-order valence-corrected chi connectivity index (χ3v) is 3.55. The van der Waals surface area contributed by atoms with Gasteiger partial charge in [-0.25, -0.2) is 0 Å². The van der Waals surface area contributed by atoms with E-state index in [9.17, 15) is 5.11 Å². The second-order valence-electron chi connectivity index (χ2n) is 4.36. The van der Waals surface area contributed by atoms with E-state index in [4.69, 9.17) is 4.74 Å². The number of ether oxygens (including phenoxy) is 1. The van der Waals surface area contributed by atoms with E-state index in [2.05, 4.69) is 34.8 Å². The van der Waals surface area contributed by atoms with Gasteiger partial charge in [-0.1, -0.05) is 13.8 Å². The molecule has 0 bridgehead atoms. The van der Waals surface area contributed by atoms with Crippen molar-refractivity contribution in [2.45, 2.75) is 45.3 Å². The molecule has 0 saturated heterocycles. The van der Waals surface area contributed by atoms with Crippen LogP contribution in [-0.2, 0) is 0 Å². The van der Waals surface area contributed by atoms with Gasteiger partial charge in [0.15, 0.2) is 0 Å². The van der Waals surface area contributed by atoms with E-state index < -0.39 is 6.10 Å². The van der Waals surface area contributed by atoms with Crippen LogP contribution in [0.15, 0.2) is 6.20 Å². The summed E-state index contributed by atoms with van der Waals surface area (Å²) in [5.41, 5.74) is 0.0865. The SMILES string of the molecule is CCC(C)(CC)NCC(O)COc1cnsn1. The first kappa shape index (κ1) is 14.3. The van der Waals surface area contributed by atoms with Gasteiger partial charge in [0.1, 0.15) is 18.9 Å². The molecule has 6 heteroatoms. The Morgan fingerprint density at radius 3 is 2.76 bits per heavy atom. The Morgan fingerprint density at radius 1 is 1.53 bits per heavy atom. The fourth-order valence-corrected chi connectivity index (χ4v) is 1.69. The Kier molecular flexibility index (Phi) is 5.80. The molecule has 0 amide bonds. The molecule has 0 saturated carbocycles. The summed E-state index contributed by atoms with van der Waals surface area (Å²) in [5, 5.41) is 13.1. The van der Waals surface area contributed by atoms with Gasteiger partial charge >= 0.3 is 0 Å². The Hall–Kier alpha value is -0.720. The number of hydrogen-bond acceptors (Lipinski definition) is 6. The third-order valence-electron chi connectivity index (χ3n) is 3.09. The summed E-state index contributed by atoms with van der Waals surface area (Å²) < 4.78 is 13.0. The average Bonchev–Trinajstić information content (AvgIpc) is 2.86. The number of β-amino-alcohol motifs (C(OH)–C–C–N with tert-alkyl or cyclic N) is 1. The number of nitrogens with one attached hydrogen (secondary N) is 1. The molecule has 2 N–H and O–H groups in total. The Morgan fingerprint density at radius 2 is 2.24 bits per heavy atom. The quantitative estimate of drug-likeness (QED) is 0.739. The van der Waals surface area contributed by atoms with Gasteiger partial charge in [-0.3, -0.25) is 0 Å². The van der Waals surface area contributed by atoms with E-state index in [1.165, 1.54) is 0 Å². The lowest BCUT2D eigenvalue weighted by Crippen LogP contribution is -2.46. The van der Waals surface area contributed by atoms with E-state index in [-0.39, 0.29) is 12.1 Å². The van der Waals surface area contributed by atoms with Gasteiger partial charge in [-0.15, -0.1) is 4.37 Å². The zero-order chi connectivity index (χ0) is 12.7. The number of rotatable bonds is 8. The maximum atomic E-state index is 9.77. The fourth-order valence-electron chi connectivity index (χ4n) is 1.32. The zero-order valence-corrected chi connectivity index (χ0v) is 11.5. The van der Waals surface area contributed by atoms with Crippen LogP contribution in [0.3, 0.4) is 0 Å². The van der Waals surface area contributed by atoms with E-state index in [0.29, 0.717) is 12.4 Å². The zero-order valence-electron chi connectivity index (χ0n) is 10.6. The van der Waals surface area contributed by atoms with Crippen LogP contribution >= 0.6 is 11.7 Å². The van der Waals surface area contributed by atoms with E-state index in [1.54, 1.807) is 6.20 Å². The molecule has 1 aromatic heterocycles. The number of aliphatic hydroxyl groups is 1. The summed E-state index contributed by atoms with van der Waals surface area (Å²) in [6.07, 6.45) is 3.09. The molecule has 1 rings (SSSR count). The first-order chi connectivity index (χ1) is 8.09. The summed E-state index contributed by atoms with van der Waals surface area (Å²) in [6.45, 7) is 7.20. The second kappa shape index (κ2) is 6.88. The molecular weight excluding hydrogens is 238 g/mol. The molecular formula is C11H21N3O2S. The van der Waals surface area contributed by atoms with Gasteiger partial charge in [-0.2, -0.15) is 4.37 Å². The topological polar surface area (TPSA) is 67.3 Å². The number of aliphatic hydroxyl groups excluding tert-OH is 1. The van der Waals surface area contributed by atoms with Crippen LogP contribution in [0.2, 0.25) is 0 Å². The highest BCUT2D eigenvalue weighted by Gasteiger charge is 2.19. The lowest BCUT2D eigenvalue weighted by atomic mass is 9.95. The minimum absolute atomic E-state index is 0.0865. The minimum Gasteiger partial charge on any atom is -0.473 e. The van der Waals surface area contributed by atoms with Crippen molar-refractivity contribution in [2.24, 2.45) is 0 Å². The molecule has 98 valence electrons. The highest BCUT2D eigenvalue weighted by molar-refractivity contribution is 6.99. The van der Waals surface area contributed by atoms with Gasteiger partial charge in [-0.05, 0) is 19.8 Å². The van der Waals surface area contributed by atoms with Crippen LogP contribution < -0.4 is 10.1 Å². The average molecular weight is 259 g/mol. The van der Waals surface area contributed by atoms with Crippen LogP contribution in [0.25, 0.3) is 0 Å². The molecule has 17 heavy (non-hydrogen) atoms. The minimum atomic E-state index is -0.533. The second-order valence-corrected chi connectivity index (χ2v) is 4.92. The fraction of sp³-hybridized carbons (Fsp3) is 0.818. The molecule has 0 aliphatic carbocycles. The summed E-state index contributed by atoms with van der Waals surface area (Å²) in [6, 6.07) is 0. The van der Waals surface area contributed by atoms with Crippen molar-refractivity contribution in [3.63, 3.8) is 0 Å². The molecule has 0 radical (unpaired) electrons. The van der Waals surface area contributed by atoms with E-state index in [0.717, 1.165) is 24.6 Å². The molecule has 1 heterocycles. The van der Waals surface area contributed by atoms with Crippen molar-refractivity contribution in [2.75, 3.05) is 13.2 Å². The maximum Gasteiger partial charge on any atom is 0.245 e. The number of nitrogens with zero attached hydrogens (tertiary/aromatic N) is 2. The summed E-state index contributed by atoms with van der Waals surface area (Å²) in [7, 11) is 0. The third kappa shape index (κ3) is 4.97. The van der Waals surface area contributed by atoms with Crippen LogP contribution in [0.5, 0.6) is 5.88 Å². The molecule has 1 aromatic rings. The van der Waals surface area contributed by atoms with Gasteiger partial charge < -0.3 is 15.2 Å². The van der Waals surface area contributed by atoms with Crippen molar-refractivity contribution in [1.29, 1.82) is 0 Å². The van der Waals surface area contributed by atoms with Crippen molar-refractivity contribution in [3.8, 4) is 5.88 Å². The van der Waals surface area contributed by atoms with Crippen LogP contribution in [0.4, 0.5) is 0 Å². The molecule has 0 spiro atoms.